The van der Waals surface area contributed by atoms with Crippen molar-refractivity contribution in [2.24, 2.45) is 5.41 Å². The Balaban J connectivity index is 5.14. The van der Waals surface area contributed by atoms with Gasteiger partial charge in [0.1, 0.15) is 0 Å². The molecule has 0 aromatic carbocycles. The van der Waals surface area contributed by atoms with Gasteiger partial charge in [0.2, 0.25) is 0 Å². The molecule has 3 N–H and O–H groups in total. The maximum atomic E-state index is 13.5. The van der Waals surface area contributed by atoms with Crippen LogP contribution in [0, 0.1) is 5.41 Å². The van der Waals surface area contributed by atoms with Crippen molar-refractivity contribution in [2.45, 2.75) is 335 Å². The molecule has 0 aromatic rings. The van der Waals surface area contributed by atoms with E-state index in [1.807, 2.05) is 0 Å². The first-order valence-corrected chi connectivity index (χ1v) is 29.8. The van der Waals surface area contributed by atoms with Gasteiger partial charge in [-0.2, -0.15) is 0 Å². The number of aliphatic hydroxyl groups is 3. The quantitative estimate of drug-likeness (QED) is 0.0309. The molecule has 0 saturated carbocycles. The van der Waals surface area contributed by atoms with E-state index in [1.165, 1.54) is 212 Å². The van der Waals surface area contributed by atoms with Crippen molar-refractivity contribution < 1.29 is 43.9 Å². The van der Waals surface area contributed by atoms with Crippen LogP contribution in [0.1, 0.15) is 329 Å². The van der Waals surface area contributed by atoms with Crippen LogP contribution in [0.2, 0.25) is 0 Å². The number of esters is 3. The third-order valence-corrected chi connectivity index (χ3v) is 14.3. The van der Waals surface area contributed by atoms with Gasteiger partial charge in [0.05, 0.1) is 19.8 Å². The van der Waals surface area contributed by atoms with E-state index in [0.717, 1.165) is 57.8 Å². The van der Waals surface area contributed by atoms with E-state index in [0.29, 0.717) is 19.3 Å². The largest absolute Gasteiger partial charge is 0.436 e. The van der Waals surface area contributed by atoms with Crippen LogP contribution in [0.3, 0.4) is 0 Å². The Morgan fingerprint density at radius 1 is 0.265 bits per heavy atom. The highest BCUT2D eigenvalue weighted by Crippen LogP contribution is 2.39. The second kappa shape index (κ2) is 50.2. The molecule has 0 aliphatic heterocycles. The number of rotatable bonds is 55. The van der Waals surface area contributed by atoms with Crippen molar-refractivity contribution in [3.05, 3.63) is 0 Å². The first-order chi connectivity index (χ1) is 33.3. The lowest BCUT2D eigenvalue weighted by Crippen LogP contribution is -2.62. The molecule has 0 heterocycles. The molecule has 0 radical (unpaired) electrons. The fraction of sp³-hybridized carbons (Fsp3) is 0.949. The molecule has 0 amide bonds. The number of unbranched alkanes of at least 4 members (excludes halogenated alkanes) is 42. The van der Waals surface area contributed by atoms with Crippen molar-refractivity contribution >= 4 is 17.9 Å². The fourth-order valence-electron chi connectivity index (χ4n) is 9.35. The minimum atomic E-state index is -2.81. The van der Waals surface area contributed by atoms with Crippen molar-refractivity contribution in [3.63, 3.8) is 0 Å². The van der Waals surface area contributed by atoms with Crippen LogP contribution in [0.25, 0.3) is 0 Å². The van der Waals surface area contributed by atoms with Gasteiger partial charge in [-0.05, 0) is 19.3 Å². The Bertz CT molecular complexity index is 967. The zero-order valence-electron chi connectivity index (χ0n) is 45.4. The summed E-state index contributed by atoms with van der Waals surface area (Å²) >= 11 is 0. The molecule has 404 valence electrons. The molecule has 9 nitrogen and oxygen atoms in total. The molecule has 0 saturated heterocycles. The van der Waals surface area contributed by atoms with E-state index in [-0.39, 0.29) is 19.3 Å². The number of aliphatic hydroxyl groups excluding tert-OH is 3. The maximum absolute atomic E-state index is 13.5. The number of carbonyl (C=O) groups excluding carboxylic acids is 3. The molecule has 0 aromatic heterocycles. The third kappa shape index (κ3) is 38.0. The highest BCUT2D eigenvalue weighted by atomic mass is 16.9. The standard InChI is InChI=1S/C59H114O9/c1-4-7-10-13-16-19-22-25-28-31-34-37-40-43-46-49-55(63)66-59(58(52-60,53-61)54-62,67-56(64)50-47-44-41-38-35-32-29-26-23-20-17-14-11-8-5-2)68-57(65)51-48-45-42-39-36-33-30-27-24-21-18-15-12-9-6-3/h60-62H,4-54H2,1-3H3. The summed E-state index contributed by atoms with van der Waals surface area (Å²) < 4.78 is 17.4. The average molecular weight is 968 g/mol. The number of carbonyl (C=O) groups is 3. The summed E-state index contributed by atoms with van der Waals surface area (Å²) in [5.41, 5.74) is -2.17. The SMILES string of the molecule is CCCCCCCCCCCCCCCCCC(=O)OC(OC(=O)CCCCCCCCCCCCCCCCC)(OC(=O)CCCCCCCCCCCCCCCCC)C(CO)(CO)CO. The highest BCUT2D eigenvalue weighted by molar-refractivity contribution is 5.74. The molecule has 0 aliphatic carbocycles. The molecular weight excluding hydrogens is 853 g/mol. The van der Waals surface area contributed by atoms with Gasteiger partial charge in [-0.25, -0.2) is 0 Å². The number of ether oxygens (including phenoxy) is 3. The smallest absolute Gasteiger partial charge is 0.395 e. The van der Waals surface area contributed by atoms with Crippen molar-refractivity contribution in [1.82, 2.24) is 0 Å². The molecule has 0 spiro atoms. The van der Waals surface area contributed by atoms with E-state index in [2.05, 4.69) is 20.8 Å². The second-order valence-corrected chi connectivity index (χ2v) is 20.8. The summed E-state index contributed by atoms with van der Waals surface area (Å²) in [6.07, 6.45) is 53.2. The lowest BCUT2D eigenvalue weighted by molar-refractivity contribution is -0.392. The Labute approximate surface area is 420 Å². The number of hydrogen-bond acceptors (Lipinski definition) is 9. The lowest BCUT2D eigenvalue weighted by Gasteiger charge is -2.43. The van der Waals surface area contributed by atoms with Crippen molar-refractivity contribution in [1.29, 1.82) is 0 Å². The minimum absolute atomic E-state index is 0.0223. The maximum Gasteiger partial charge on any atom is 0.436 e. The molecule has 0 unspecified atom stereocenters. The van der Waals surface area contributed by atoms with Crippen LogP contribution in [0.5, 0.6) is 0 Å². The Morgan fingerprint density at radius 2 is 0.412 bits per heavy atom. The van der Waals surface area contributed by atoms with Gasteiger partial charge < -0.3 is 29.5 Å². The van der Waals surface area contributed by atoms with Crippen molar-refractivity contribution in [3.8, 4) is 0 Å². The monoisotopic (exact) mass is 967 g/mol. The predicted molar refractivity (Wildman–Crippen MR) is 283 cm³/mol. The summed E-state index contributed by atoms with van der Waals surface area (Å²) in [7, 11) is 0. The van der Waals surface area contributed by atoms with Gasteiger partial charge >= 0.3 is 23.9 Å². The Kier molecular flexibility index (Phi) is 49.0. The van der Waals surface area contributed by atoms with Gasteiger partial charge in [-0.3, -0.25) is 14.4 Å². The summed E-state index contributed by atoms with van der Waals surface area (Å²) in [5.74, 6) is -5.14. The zero-order valence-corrected chi connectivity index (χ0v) is 45.4. The third-order valence-electron chi connectivity index (χ3n) is 14.3. The lowest BCUT2D eigenvalue weighted by atomic mass is 9.87. The molecular formula is C59H114O9. The summed E-state index contributed by atoms with van der Waals surface area (Å²) in [5, 5.41) is 31.8. The molecule has 0 bridgehead atoms. The topological polar surface area (TPSA) is 140 Å². The average Bonchev–Trinajstić information content (AvgIpc) is 3.33. The van der Waals surface area contributed by atoms with Crippen molar-refractivity contribution in [2.75, 3.05) is 19.8 Å². The second-order valence-electron chi connectivity index (χ2n) is 20.8. The van der Waals surface area contributed by atoms with E-state index in [4.69, 9.17) is 14.2 Å². The summed E-state index contributed by atoms with van der Waals surface area (Å²) in [4.78, 5) is 40.5. The van der Waals surface area contributed by atoms with Gasteiger partial charge in [-0.1, -0.05) is 290 Å². The molecule has 68 heavy (non-hydrogen) atoms. The van der Waals surface area contributed by atoms with E-state index in [9.17, 15) is 29.7 Å². The minimum Gasteiger partial charge on any atom is -0.395 e. The van der Waals surface area contributed by atoms with Gasteiger partial charge in [-0.15, -0.1) is 0 Å². The Morgan fingerprint density at radius 3 is 0.559 bits per heavy atom. The van der Waals surface area contributed by atoms with Crippen LogP contribution in [-0.4, -0.2) is 59.0 Å². The Hall–Kier alpha value is -1.71. The van der Waals surface area contributed by atoms with Gasteiger partial charge in [0, 0.05) is 19.3 Å². The molecule has 0 fully saturated rings. The molecule has 0 aliphatic rings. The van der Waals surface area contributed by atoms with E-state index < -0.39 is 49.1 Å². The summed E-state index contributed by atoms with van der Waals surface area (Å²) in [6, 6.07) is 0. The van der Waals surface area contributed by atoms with Crippen LogP contribution in [0.15, 0.2) is 0 Å². The highest BCUT2D eigenvalue weighted by Gasteiger charge is 2.62. The van der Waals surface area contributed by atoms with Crippen LogP contribution in [0.4, 0.5) is 0 Å². The summed E-state index contributed by atoms with van der Waals surface area (Å²) in [6.45, 7) is 3.90. The van der Waals surface area contributed by atoms with Crippen LogP contribution >= 0.6 is 0 Å². The van der Waals surface area contributed by atoms with Crippen LogP contribution in [-0.2, 0) is 28.6 Å². The van der Waals surface area contributed by atoms with Gasteiger partial charge in [0.15, 0.2) is 5.41 Å². The molecule has 0 atom stereocenters. The first kappa shape index (κ1) is 66.3. The van der Waals surface area contributed by atoms with Gasteiger partial charge in [0.25, 0.3) is 0 Å². The normalized spacial score (nSPS) is 11.9. The van der Waals surface area contributed by atoms with Crippen LogP contribution < -0.4 is 0 Å². The molecule has 0 rings (SSSR count). The van der Waals surface area contributed by atoms with E-state index >= 15 is 0 Å². The first-order valence-electron chi connectivity index (χ1n) is 29.8. The zero-order chi connectivity index (χ0) is 49.9. The predicted octanol–water partition coefficient (Wildman–Crippen LogP) is 17.0. The number of hydrogen-bond donors (Lipinski definition) is 3. The molecule has 9 heteroatoms. The fourth-order valence-corrected chi connectivity index (χ4v) is 9.35. The van der Waals surface area contributed by atoms with E-state index in [1.54, 1.807) is 0 Å².